The first-order chi connectivity index (χ1) is 8.75. The number of carbonyl (C=O) groups is 1. The van der Waals surface area contributed by atoms with Crippen LogP contribution in [0.3, 0.4) is 0 Å². The summed E-state index contributed by atoms with van der Waals surface area (Å²) in [5, 5.41) is 0. The Kier molecular flexibility index (Phi) is 4.07. The van der Waals surface area contributed by atoms with E-state index in [1.165, 1.54) is 19.1 Å². The van der Waals surface area contributed by atoms with Gasteiger partial charge in [0.05, 0.1) is 13.0 Å². The first kappa shape index (κ1) is 15.3. The van der Waals surface area contributed by atoms with E-state index in [9.17, 15) is 4.79 Å². The molecule has 2 aliphatic rings. The summed E-state index contributed by atoms with van der Waals surface area (Å²) in [5.41, 5.74) is 1.53. The molecule has 0 bridgehead atoms. The summed E-state index contributed by atoms with van der Waals surface area (Å²) in [6.45, 7) is 9.14. The normalized spacial score (nSPS) is 41.2. The number of carbonyl (C=O) groups excluding carboxylic acids is 1. The third kappa shape index (κ3) is 2.26. The lowest BCUT2D eigenvalue weighted by Crippen LogP contribution is -2.54. The van der Waals surface area contributed by atoms with Gasteiger partial charge in [0.1, 0.15) is 0 Å². The van der Waals surface area contributed by atoms with Gasteiger partial charge in [-0.1, -0.05) is 55.0 Å². The number of rotatable bonds is 1. The molecule has 0 aliphatic heterocycles. The fourth-order valence-corrected chi connectivity index (χ4v) is 5.23. The summed E-state index contributed by atoms with van der Waals surface area (Å²) >= 11 is 2.60. The summed E-state index contributed by atoms with van der Waals surface area (Å²) in [7, 11) is 1.51. The van der Waals surface area contributed by atoms with Gasteiger partial charge >= 0.3 is 5.97 Å². The Balaban J connectivity index is 2.46. The summed E-state index contributed by atoms with van der Waals surface area (Å²) < 4.78 is 5.78. The van der Waals surface area contributed by atoms with E-state index in [0.717, 1.165) is 12.8 Å². The molecule has 0 unspecified atom stereocenters. The van der Waals surface area contributed by atoms with Crippen LogP contribution in [0.1, 0.15) is 47.0 Å². The molecule has 19 heavy (non-hydrogen) atoms. The summed E-state index contributed by atoms with van der Waals surface area (Å²) in [6.07, 6.45) is 5.69. The second-order valence-corrected chi connectivity index (χ2v) is 8.53. The molecule has 0 amide bonds. The highest BCUT2D eigenvalue weighted by molar-refractivity contribution is 14.1. The Labute approximate surface area is 130 Å². The Morgan fingerprint density at radius 1 is 1.42 bits per heavy atom. The van der Waals surface area contributed by atoms with Crippen LogP contribution < -0.4 is 0 Å². The Morgan fingerprint density at radius 2 is 2.05 bits per heavy atom. The second kappa shape index (κ2) is 5.05. The van der Waals surface area contributed by atoms with Crippen molar-refractivity contribution in [3.8, 4) is 0 Å². The van der Waals surface area contributed by atoms with Crippen molar-refractivity contribution in [2.75, 3.05) is 7.11 Å². The monoisotopic (exact) mass is 376 g/mol. The third-order valence-corrected chi connectivity index (χ3v) is 7.89. The molecule has 0 aromatic heterocycles. The van der Waals surface area contributed by atoms with E-state index in [1.807, 2.05) is 0 Å². The molecule has 0 radical (unpaired) electrons. The van der Waals surface area contributed by atoms with Gasteiger partial charge in [0.2, 0.25) is 0 Å². The van der Waals surface area contributed by atoms with Crippen molar-refractivity contribution in [2.24, 2.45) is 22.7 Å². The lowest BCUT2D eigenvalue weighted by Gasteiger charge is -2.57. The van der Waals surface area contributed by atoms with Crippen molar-refractivity contribution >= 4 is 28.6 Å². The van der Waals surface area contributed by atoms with Crippen LogP contribution in [0.2, 0.25) is 0 Å². The molecular formula is C16H25IO2. The fourth-order valence-electron chi connectivity index (χ4n) is 4.49. The standard InChI is InChI=1S/C16H25IO2/c1-10-6-7-11-15(2,3)12(17)8-9-16(11,4)13(10)14(18)19-5/h6,11-13H,7-9H2,1-5H3/t11-,12-,13+,16-/m0/s1. The van der Waals surface area contributed by atoms with Crippen LogP contribution in [0.15, 0.2) is 11.6 Å². The number of esters is 1. The zero-order valence-corrected chi connectivity index (χ0v) is 14.8. The predicted molar refractivity (Wildman–Crippen MR) is 86.3 cm³/mol. The first-order valence-electron chi connectivity index (χ1n) is 7.13. The maximum Gasteiger partial charge on any atom is 0.313 e. The van der Waals surface area contributed by atoms with Crippen LogP contribution in [0, 0.1) is 22.7 Å². The molecule has 2 aliphatic carbocycles. The van der Waals surface area contributed by atoms with Crippen molar-refractivity contribution in [3.63, 3.8) is 0 Å². The molecule has 2 rings (SSSR count). The summed E-state index contributed by atoms with van der Waals surface area (Å²) in [4.78, 5) is 12.3. The van der Waals surface area contributed by atoms with Crippen LogP contribution >= 0.6 is 22.6 Å². The van der Waals surface area contributed by atoms with E-state index >= 15 is 0 Å². The minimum Gasteiger partial charge on any atom is -0.469 e. The van der Waals surface area contributed by atoms with Gasteiger partial charge < -0.3 is 4.74 Å². The number of hydrogen-bond donors (Lipinski definition) is 0. The highest BCUT2D eigenvalue weighted by Gasteiger charge is 2.56. The predicted octanol–water partition coefficient (Wildman–Crippen LogP) is 4.37. The van der Waals surface area contributed by atoms with Gasteiger partial charge in [-0.05, 0) is 42.9 Å². The first-order valence-corrected chi connectivity index (χ1v) is 8.38. The fraction of sp³-hybridized carbons (Fsp3) is 0.812. The van der Waals surface area contributed by atoms with Crippen molar-refractivity contribution in [3.05, 3.63) is 11.6 Å². The molecule has 0 aromatic carbocycles. The van der Waals surface area contributed by atoms with Crippen molar-refractivity contribution in [1.82, 2.24) is 0 Å². The van der Waals surface area contributed by atoms with Gasteiger partial charge in [-0.15, -0.1) is 0 Å². The maximum atomic E-state index is 12.3. The number of halogens is 1. The molecule has 0 N–H and O–H groups in total. The molecule has 108 valence electrons. The number of allylic oxidation sites excluding steroid dienone is 1. The van der Waals surface area contributed by atoms with Crippen LogP contribution in [-0.4, -0.2) is 17.0 Å². The van der Waals surface area contributed by atoms with Crippen molar-refractivity contribution in [2.45, 2.75) is 50.9 Å². The van der Waals surface area contributed by atoms with Crippen LogP contribution in [0.5, 0.6) is 0 Å². The zero-order chi connectivity index (χ0) is 14.4. The second-order valence-electron chi connectivity index (χ2n) is 7.03. The average molecular weight is 376 g/mol. The molecule has 3 heteroatoms. The molecule has 1 saturated carbocycles. The molecule has 1 fully saturated rings. The van der Waals surface area contributed by atoms with Gasteiger partial charge in [0.25, 0.3) is 0 Å². The molecule has 4 atom stereocenters. The average Bonchev–Trinajstić information content (AvgIpc) is 2.33. The molecule has 2 nitrogen and oxygen atoms in total. The molecule has 0 aromatic rings. The minimum absolute atomic E-state index is 0.0522. The lowest BCUT2D eigenvalue weighted by atomic mass is 9.48. The quantitative estimate of drug-likeness (QED) is 0.294. The van der Waals surface area contributed by atoms with E-state index in [2.05, 4.69) is 56.4 Å². The topological polar surface area (TPSA) is 26.3 Å². The maximum absolute atomic E-state index is 12.3. The van der Waals surface area contributed by atoms with Gasteiger partial charge in [-0.25, -0.2) is 0 Å². The Morgan fingerprint density at radius 3 is 2.63 bits per heavy atom. The van der Waals surface area contributed by atoms with E-state index in [4.69, 9.17) is 4.74 Å². The SMILES string of the molecule is COC(=O)[C@H]1C(C)=CC[C@H]2C(C)(C)[C@@H](I)CC[C@]12C. The molecule has 0 spiro atoms. The van der Waals surface area contributed by atoms with E-state index < -0.39 is 0 Å². The molecule has 0 saturated heterocycles. The smallest absolute Gasteiger partial charge is 0.313 e. The van der Waals surface area contributed by atoms with Crippen molar-refractivity contribution in [1.29, 1.82) is 0 Å². The zero-order valence-electron chi connectivity index (χ0n) is 12.6. The van der Waals surface area contributed by atoms with E-state index in [-0.39, 0.29) is 22.7 Å². The van der Waals surface area contributed by atoms with Gasteiger partial charge in [0, 0.05) is 3.92 Å². The minimum atomic E-state index is -0.0561. The molecular weight excluding hydrogens is 351 g/mol. The Bertz CT molecular complexity index is 413. The summed E-state index contributed by atoms with van der Waals surface area (Å²) in [5.74, 6) is 0.450. The van der Waals surface area contributed by atoms with E-state index in [1.54, 1.807) is 0 Å². The lowest BCUT2D eigenvalue weighted by molar-refractivity contribution is -0.154. The number of methoxy groups -OCH3 is 1. The number of fused-ring (bicyclic) bond motifs is 1. The van der Waals surface area contributed by atoms with Crippen LogP contribution in [-0.2, 0) is 9.53 Å². The number of alkyl halides is 1. The number of hydrogen-bond acceptors (Lipinski definition) is 2. The van der Waals surface area contributed by atoms with Gasteiger partial charge in [0.15, 0.2) is 0 Å². The third-order valence-electron chi connectivity index (χ3n) is 5.67. The Hall–Kier alpha value is -0.0600. The van der Waals surface area contributed by atoms with Crippen LogP contribution in [0.25, 0.3) is 0 Å². The van der Waals surface area contributed by atoms with Gasteiger partial charge in [-0.3, -0.25) is 4.79 Å². The van der Waals surface area contributed by atoms with Gasteiger partial charge in [-0.2, -0.15) is 0 Å². The summed E-state index contributed by atoms with van der Waals surface area (Å²) in [6, 6.07) is 0. The van der Waals surface area contributed by atoms with Crippen molar-refractivity contribution < 1.29 is 9.53 Å². The number of ether oxygens (including phenoxy) is 1. The highest BCUT2D eigenvalue weighted by Crippen LogP contribution is 2.61. The highest BCUT2D eigenvalue weighted by atomic mass is 127. The van der Waals surface area contributed by atoms with Crippen LogP contribution in [0.4, 0.5) is 0 Å². The molecule has 0 heterocycles. The largest absolute Gasteiger partial charge is 0.469 e. The van der Waals surface area contributed by atoms with E-state index in [0.29, 0.717) is 9.84 Å².